The van der Waals surface area contributed by atoms with Crippen molar-refractivity contribution in [3.63, 3.8) is 0 Å². The van der Waals surface area contributed by atoms with Gasteiger partial charge in [0.2, 0.25) is 0 Å². The monoisotopic (exact) mass is 283 g/mol. The van der Waals surface area contributed by atoms with Gasteiger partial charge in [-0.3, -0.25) is 9.59 Å². The molecule has 0 bridgehead atoms. The molecule has 0 unspecified atom stereocenters. The lowest BCUT2D eigenvalue weighted by atomic mass is 10.1. The van der Waals surface area contributed by atoms with Crippen molar-refractivity contribution in [2.45, 2.75) is 13.3 Å². The predicted molar refractivity (Wildman–Crippen MR) is 80.8 cm³/mol. The van der Waals surface area contributed by atoms with Gasteiger partial charge in [-0.1, -0.05) is 37.3 Å². The molecule has 1 N–H and O–H groups in total. The van der Waals surface area contributed by atoms with Crippen LogP contribution in [-0.2, 0) is 14.3 Å². The quantitative estimate of drug-likeness (QED) is 0.878. The molecule has 1 saturated carbocycles. The third kappa shape index (κ3) is 3.21. The van der Waals surface area contributed by atoms with Crippen LogP contribution >= 0.6 is 0 Å². The molecule has 1 amide bonds. The van der Waals surface area contributed by atoms with Gasteiger partial charge in [0.05, 0.1) is 5.92 Å². The van der Waals surface area contributed by atoms with Crippen LogP contribution in [0.3, 0.4) is 0 Å². The average molecular weight is 283 g/mol. The zero-order chi connectivity index (χ0) is 14.8. The first-order valence-corrected chi connectivity index (χ1v) is 7.09. The Hall–Kier alpha value is -2.36. The minimum absolute atomic E-state index is 0.0153. The molecule has 0 aliphatic heterocycles. The van der Waals surface area contributed by atoms with E-state index in [-0.39, 0.29) is 24.4 Å². The molecule has 3 rings (SSSR count). The normalized spacial score (nSPS) is 20.0. The summed E-state index contributed by atoms with van der Waals surface area (Å²) in [5, 5.41) is 4.91. The van der Waals surface area contributed by atoms with E-state index < -0.39 is 0 Å². The van der Waals surface area contributed by atoms with E-state index in [4.69, 9.17) is 4.74 Å². The van der Waals surface area contributed by atoms with Gasteiger partial charge < -0.3 is 10.1 Å². The molecular formula is C17H17NO3. The fourth-order valence-corrected chi connectivity index (χ4v) is 2.36. The van der Waals surface area contributed by atoms with E-state index in [0.29, 0.717) is 11.6 Å². The van der Waals surface area contributed by atoms with Crippen molar-refractivity contribution >= 4 is 28.3 Å². The smallest absolute Gasteiger partial charge is 0.309 e. The van der Waals surface area contributed by atoms with Crippen LogP contribution in [-0.4, -0.2) is 18.5 Å². The van der Waals surface area contributed by atoms with Gasteiger partial charge in [-0.25, -0.2) is 0 Å². The Balaban J connectivity index is 1.57. The lowest BCUT2D eigenvalue weighted by Gasteiger charge is -2.07. The zero-order valence-electron chi connectivity index (χ0n) is 11.8. The summed E-state index contributed by atoms with van der Waals surface area (Å²) in [6.07, 6.45) is 0.866. The number of rotatable bonds is 4. The second kappa shape index (κ2) is 5.56. The highest BCUT2D eigenvalue weighted by molar-refractivity contribution is 5.95. The lowest BCUT2D eigenvalue weighted by Crippen LogP contribution is -2.21. The number of benzene rings is 2. The van der Waals surface area contributed by atoms with Crippen molar-refractivity contribution in [1.29, 1.82) is 0 Å². The molecule has 0 spiro atoms. The first-order chi connectivity index (χ1) is 10.1. The molecule has 108 valence electrons. The van der Waals surface area contributed by atoms with E-state index in [9.17, 15) is 9.59 Å². The van der Waals surface area contributed by atoms with Crippen LogP contribution in [0.1, 0.15) is 13.3 Å². The van der Waals surface area contributed by atoms with Crippen molar-refractivity contribution in [3.8, 4) is 0 Å². The molecule has 2 atom stereocenters. The van der Waals surface area contributed by atoms with Crippen LogP contribution in [0, 0.1) is 11.8 Å². The number of esters is 1. The molecule has 2 aromatic rings. The average Bonchev–Trinajstić information content (AvgIpc) is 3.22. The predicted octanol–water partition coefficient (Wildman–Crippen LogP) is 2.98. The Kier molecular flexibility index (Phi) is 3.60. The summed E-state index contributed by atoms with van der Waals surface area (Å²) >= 11 is 0. The summed E-state index contributed by atoms with van der Waals surface area (Å²) in [6, 6.07) is 13.6. The van der Waals surface area contributed by atoms with Gasteiger partial charge in [-0.15, -0.1) is 0 Å². The van der Waals surface area contributed by atoms with E-state index in [1.54, 1.807) is 0 Å². The molecule has 1 fully saturated rings. The fraction of sp³-hybridized carbons (Fsp3) is 0.294. The Bertz CT molecular complexity index is 695. The van der Waals surface area contributed by atoms with Gasteiger partial charge >= 0.3 is 5.97 Å². The van der Waals surface area contributed by atoms with Gasteiger partial charge in [-0.2, -0.15) is 0 Å². The zero-order valence-corrected chi connectivity index (χ0v) is 11.8. The minimum Gasteiger partial charge on any atom is -0.455 e. The SMILES string of the molecule is C[C@H]1C[C@@H]1C(=O)OCC(=O)Nc1ccc2ccccc2c1. The first-order valence-electron chi connectivity index (χ1n) is 7.09. The van der Waals surface area contributed by atoms with Crippen molar-refractivity contribution in [2.24, 2.45) is 11.8 Å². The summed E-state index contributed by atoms with van der Waals surface area (Å²) < 4.78 is 5.01. The molecule has 21 heavy (non-hydrogen) atoms. The van der Waals surface area contributed by atoms with E-state index in [1.807, 2.05) is 49.4 Å². The highest BCUT2D eigenvalue weighted by Crippen LogP contribution is 2.38. The fourth-order valence-electron chi connectivity index (χ4n) is 2.36. The number of carbonyl (C=O) groups is 2. The Labute approximate surface area is 123 Å². The third-order valence-corrected chi connectivity index (χ3v) is 3.79. The summed E-state index contributed by atoms with van der Waals surface area (Å²) in [5.41, 5.74) is 0.703. The van der Waals surface area contributed by atoms with Crippen molar-refractivity contribution in [2.75, 3.05) is 11.9 Å². The topological polar surface area (TPSA) is 55.4 Å². The first kappa shape index (κ1) is 13.6. The summed E-state index contributed by atoms with van der Waals surface area (Å²) in [6.45, 7) is 1.77. The maximum atomic E-state index is 11.8. The van der Waals surface area contributed by atoms with E-state index in [2.05, 4.69) is 5.32 Å². The Morgan fingerprint density at radius 3 is 2.62 bits per heavy atom. The third-order valence-electron chi connectivity index (χ3n) is 3.79. The maximum Gasteiger partial charge on any atom is 0.309 e. The van der Waals surface area contributed by atoms with Crippen molar-refractivity contribution in [3.05, 3.63) is 42.5 Å². The molecule has 1 aliphatic carbocycles. The number of ether oxygens (including phenoxy) is 1. The molecule has 0 radical (unpaired) electrons. The number of fused-ring (bicyclic) bond motifs is 1. The molecular weight excluding hydrogens is 266 g/mol. The summed E-state index contributed by atoms with van der Waals surface area (Å²) in [7, 11) is 0. The van der Waals surface area contributed by atoms with Crippen LogP contribution in [0.2, 0.25) is 0 Å². The second-order valence-corrected chi connectivity index (χ2v) is 5.54. The second-order valence-electron chi connectivity index (χ2n) is 5.54. The summed E-state index contributed by atoms with van der Waals surface area (Å²) in [4.78, 5) is 23.3. The molecule has 4 nitrogen and oxygen atoms in total. The molecule has 0 heterocycles. The van der Waals surface area contributed by atoms with E-state index in [1.165, 1.54) is 0 Å². The van der Waals surface area contributed by atoms with Crippen LogP contribution in [0.25, 0.3) is 10.8 Å². The molecule has 0 aromatic heterocycles. The highest BCUT2D eigenvalue weighted by atomic mass is 16.5. The lowest BCUT2D eigenvalue weighted by molar-refractivity contribution is -0.148. The number of amides is 1. The van der Waals surface area contributed by atoms with Crippen LogP contribution in [0.15, 0.2) is 42.5 Å². The highest BCUT2D eigenvalue weighted by Gasteiger charge is 2.40. The van der Waals surface area contributed by atoms with Crippen LogP contribution in [0.5, 0.6) is 0 Å². The van der Waals surface area contributed by atoms with Crippen LogP contribution in [0.4, 0.5) is 5.69 Å². The number of hydrogen-bond donors (Lipinski definition) is 1. The van der Waals surface area contributed by atoms with Crippen molar-refractivity contribution in [1.82, 2.24) is 0 Å². The van der Waals surface area contributed by atoms with E-state index in [0.717, 1.165) is 17.2 Å². The maximum absolute atomic E-state index is 11.8. The van der Waals surface area contributed by atoms with Crippen molar-refractivity contribution < 1.29 is 14.3 Å². The van der Waals surface area contributed by atoms with Crippen LogP contribution < -0.4 is 5.32 Å². The van der Waals surface area contributed by atoms with Gasteiger partial charge in [-0.05, 0) is 35.2 Å². The standard InChI is InChI=1S/C17H17NO3/c1-11-8-15(11)17(20)21-10-16(19)18-14-7-6-12-4-2-3-5-13(12)9-14/h2-7,9,11,15H,8,10H2,1H3,(H,18,19)/t11-,15-/m0/s1. The van der Waals surface area contributed by atoms with Gasteiger partial charge in [0.25, 0.3) is 5.91 Å². The minimum atomic E-state index is -0.313. The number of hydrogen-bond acceptors (Lipinski definition) is 3. The van der Waals surface area contributed by atoms with Gasteiger partial charge in [0.1, 0.15) is 0 Å². The van der Waals surface area contributed by atoms with Gasteiger partial charge in [0.15, 0.2) is 6.61 Å². The van der Waals surface area contributed by atoms with Gasteiger partial charge in [0, 0.05) is 5.69 Å². The van der Waals surface area contributed by atoms with E-state index >= 15 is 0 Å². The number of anilines is 1. The molecule has 0 saturated heterocycles. The molecule has 2 aromatic carbocycles. The Morgan fingerprint density at radius 2 is 1.90 bits per heavy atom. The Morgan fingerprint density at radius 1 is 1.19 bits per heavy atom. The largest absolute Gasteiger partial charge is 0.455 e. The number of carbonyl (C=O) groups excluding carboxylic acids is 2. The molecule has 1 aliphatic rings. The summed E-state index contributed by atoms with van der Waals surface area (Å²) in [5.74, 6) is -0.206. The number of nitrogens with one attached hydrogen (secondary N) is 1. The molecule has 4 heteroatoms.